The van der Waals surface area contributed by atoms with E-state index in [0.717, 1.165) is 0 Å². The SMILES string of the molecule is C/C=C(\C)O.[CH-]=O.[Rh].c1ccc([PH+](c2ccccc2)c2ccccc2)cc1.c1ccc([PH+](c2ccccc2)c2ccccc2)cc1. The number of benzene rings is 6. The zero-order chi connectivity index (χ0) is 32.1. The Balaban J connectivity index is 0.000000263. The molecule has 0 aliphatic rings. The third kappa shape index (κ3) is 12.4. The molecule has 46 heavy (non-hydrogen) atoms. The zero-order valence-electron chi connectivity index (χ0n) is 26.2. The van der Waals surface area contributed by atoms with Gasteiger partial charge in [-0.05, 0) is 86.6 Å². The van der Waals surface area contributed by atoms with E-state index in [1.807, 2.05) is 0 Å². The molecular formula is C41H41O2P2Rh+. The van der Waals surface area contributed by atoms with Gasteiger partial charge in [-0.2, -0.15) is 0 Å². The largest absolute Gasteiger partial charge is 0.545 e. The number of hydrogen-bond donors (Lipinski definition) is 1. The summed E-state index contributed by atoms with van der Waals surface area (Å²) in [6.45, 7) is 6.68. The van der Waals surface area contributed by atoms with E-state index >= 15 is 0 Å². The molecule has 1 N–H and O–H groups in total. The van der Waals surface area contributed by atoms with E-state index in [-0.39, 0.29) is 19.5 Å². The van der Waals surface area contributed by atoms with Crippen LogP contribution in [0.2, 0.25) is 0 Å². The van der Waals surface area contributed by atoms with E-state index in [1.54, 1.807) is 19.9 Å². The number of allylic oxidation sites excluding steroid dienone is 2. The molecule has 0 amide bonds. The quantitative estimate of drug-likeness (QED) is 0.0633. The summed E-state index contributed by atoms with van der Waals surface area (Å²) in [7, 11) is -1.75. The molecule has 0 aliphatic heterocycles. The van der Waals surface area contributed by atoms with Gasteiger partial charge in [-0.1, -0.05) is 115 Å². The third-order valence-corrected chi connectivity index (χ3v) is 12.3. The molecule has 6 rings (SSSR count). The van der Waals surface area contributed by atoms with Crippen LogP contribution >= 0.6 is 15.8 Å². The van der Waals surface area contributed by atoms with Gasteiger partial charge >= 0.3 is 0 Å². The molecule has 1 radical (unpaired) electrons. The first-order valence-corrected chi connectivity index (χ1v) is 17.8. The second kappa shape index (κ2) is 22.5. The molecule has 0 aliphatic carbocycles. The van der Waals surface area contributed by atoms with Crippen molar-refractivity contribution in [2.45, 2.75) is 13.8 Å². The fourth-order valence-electron chi connectivity index (χ4n) is 4.63. The number of hydrogen-bond acceptors (Lipinski definition) is 2. The Labute approximate surface area is 290 Å². The molecule has 235 valence electrons. The standard InChI is InChI=1S/2C18H15P.C4H8O.CHO.Rh/c2*1-4-10-16(11-5-1)19(17-12-6-2-7-13-17)18-14-8-3-9-15-18;1-3-4(2)5;1-2;/h2*1-15H;3,5H,1-2H3;1H;/q;;;-1;/p+2/b;;4-3+;;. The summed E-state index contributed by atoms with van der Waals surface area (Å²) < 4.78 is 0. The van der Waals surface area contributed by atoms with Gasteiger partial charge < -0.3 is 9.90 Å². The van der Waals surface area contributed by atoms with Crippen LogP contribution < -0.4 is 31.8 Å². The maximum Gasteiger partial charge on any atom is 0.102 e. The molecule has 2 nitrogen and oxygen atoms in total. The molecule has 0 spiro atoms. The van der Waals surface area contributed by atoms with Crippen molar-refractivity contribution < 1.29 is 29.4 Å². The first kappa shape index (κ1) is 38.2. The van der Waals surface area contributed by atoms with Crippen LogP contribution in [-0.2, 0) is 24.3 Å². The molecule has 6 aromatic carbocycles. The van der Waals surface area contributed by atoms with Gasteiger partial charge in [0.15, 0.2) is 0 Å². The average Bonchev–Trinajstić information content (AvgIpc) is 3.13. The number of rotatable bonds is 6. The number of aliphatic hydroxyl groups excluding tert-OH is 1. The Morgan fingerprint density at radius 2 is 0.565 bits per heavy atom. The van der Waals surface area contributed by atoms with E-state index in [1.165, 1.54) is 31.8 Å². The van der Waals surface area contributed by atoms with E-state index in [0.29, 0.717) is 5.76 Å². The van der Waals surface area contributed by atoms with Crippen LogP contribution in [0.1, 0.15) is 13.8 Å². The van der Waals surface area contributed by atoms with Crippen molar-refractivity contribution >= 4 is 54.5 Å². The summed E-state index contributed by atoms with van der Waals surface area (Å²) in [5, 5.41) is 16.8. The monoisotopic (exact) mass is 730 g/mol. The number of carbonyl (C=O) groups excluding carboxylic acids is 1. The maximum atomic E-state index is 8.22. The van der Waals surface area contributed by atoms with Gasteiger partial charge in [0.2, 0.25) is 0 Å². The van der Waals surface area contributed by atoms with E-state index < -0.39 is 15.8 Å². The minimum Gasteiger partial charge on any atom is -0.545 e. The van der Waals surface area contributed by atoms with Crippen LogP contribution in [0.3, 0.4) is 0 Å². The summed E-state index contributed by atoms with van der Waals surface area (Å²) in [6, 6.07) is 65.0. The summed E-state index contributed by atoms with van der Waals surface area (Å²) in [5.41, 5.74) is 0. The summed E-state index contributed by atoms with van der Waals surface area (Å²) >= 11 is 0. The average molecular weight is 731 g/mol. The Bertz CT molecular complexity index is 1330. The van der Waals surface area contributed by atoms with Gasteiger partial charge in [-0.25, -0.2) is 0 Å². The third-order valence-electron chi connectivity index (χ3n) is 6.79. The van der Waals surface area contributed by atoms with Crippen LogP contribution in [0.4, 0.5) is 0 Å². The predicted octanol–water partition coefficient (Wildman–Crippen LogP) is 7.55. The minimum atomic E-state index is -0.877. The van der Waals surface area contributed by atoms with E-state index in [2.05, 4.69) is 189 Å². The Kier molecular flexibility index (Phi) is 18.7. The Morgan fingerprint density at radius 3 is 0.674 bits per heavy atom. The topological polar surface area (TPSA) is 37.3 Å². The molecule has 0 heterocycles. The van der Waals surface area contributed by atoms with Gasteiger partial charge in [0.25, 0.3) is 0 Å². The van der Waals surface area contributed by atoms with Crippen molar-refractivity contribution in [1.29, 1.82) is 0 Å². The van der Waals surface area contributed by atoms with Crippen molar-refractivity contribution in [2.24, 2.45) is 0 Å². The van der Waals surface area contributed by atoms with Crippen LogP contribution in [0, 0.1) is 0 Å². The normalized spacial score (nSPS) is 10.1. The molecule has 0 saturated heterocycles. The van der Waals surface area contributed by atoms with Gasteiger partial charge in [0.05, 0.1) is 21.6 Å². The molecule has 6 aromatic rings. The summed E-state index contributed by atoms with van der Waals surface area (Å²) in [5.74, 6) is 0.380. The molecule has 0 unspecified atom stereocenters. The van der Waals surface area contributed by atoms with Crippen molar-refractivity contribution in [1.82, 2.24) is 0 Å². The minimum absolute atomic E-state index is 0. The van der Waals surface area contributed by atoms with E-state index in [9.17, 15) is 0 Å². The van der Waals surface area contributed by atoms with Gasteiger partial charge in [-0.3, -0.25) is 6.79 Å². The Hall–Kier alpha value is -3.99. The maximum absolute atomic E-state index is 8.22. The first-order valence-electron chi connectivity index (χ1n) is 14.8. The smallest absolute Gasteiger partial charge is 0.102 e. The van der Waals surface area contributed by atoms with Crippen molar-refractivity contribution in [3.05, 3.63) is 194 Å². The van der Waals surface area contributed by atoms with Crippen LogP contribution in [0.5, 0.6) is 0 Å². The second-order valence-corrected chi connectivity index (χ2v) is 14.8. The first-order chi connectivity index (χ1) is 22.2. The molecular weight excluding hydrogens is 689 g/mol. The van der Waals surface area contributed by atoms with Crippen molar-refractivity contribution in [3.63, 3.8) is 0 Å². The number of aliphatic hydroxyl groups is 1. The fraction of sp³-hybridized carbons (Fsp3) is 0.0488. The second-order valence-electron chi connectivity index (χ2n) is 9.88. The molecule has 0 atom stereocenters. The summed E-state index contributed by atoms with van der Waals surface area (Å²) in [6.07, 6.45) is 1.64. The van der Waals surface area contributed by atoms with E-state index in [4.69, 9.17) is 9.90 Å². The van der Waals surface area contributed by atoms with Crippen LogP contribution in [0.25, 0.3) is 0 Å². The predicted molar refractivity (Wildman–Crippen MR) is 202 cm³/mol. The summed E-state index contributed by atoms with van der Waals surface area (Å²) in [4.78, 5) is 7.75. The molecule has 5 heteroatoms. The van der Waals surface area contributed by atoms with Crippen LogP contribution in [-0.4, -0.2) is 11.9 Å². The van der Waals surface area contributed by atoms with Crippen molar-refractivity contribution in [3.8, 4) is 0 Å². The molecule has 0 aromatic heterocycles. The Morgan fingerprint density at radius 1 is 0.435 bits per heavy atom. The molecule has 0 saturated carbocycles. The van der Waals surface area contributed by atoms with Crippen molar-refractivity contribution in [2.75, 3.05) is 0 Å². The van der Waals surface area contributed by atoms with Gasteiger partial charge in [-0.15, -0.1) is 0 Å². The van der Waals surface area contributed by atoms with Crippen LogP contribution in [0.15, 0.2) is 194 Å². The zero-order valence-corrected chi connectivity index (χ0v) is 29.8. The van der Waals surface area contributed by atoms with Gasteiger partial charge in [0, 0.05) is 19.5 Å². The molecule has 0 bridgehead atoms. The molecule has 0 fully saturated rings. The van der Waals surface area contributed by atoms with Gasteiger partial charge in [0.1, 0.15) is 31.8 Å². The fourth-order valence-corrected chi connectivity index (χ4v) is 9.78.